The van der Waals surface area contributed by atoms with E-state index >= 15 is 0 Å². The predicted molar refractivity (Wildman–Crippen MR) is 90.1 cm³/mol. The zero-order chi connectivity index (χ0) is 19.0. The van der Waals surface area contributed by atoms with E-state index in [2.05, 4.69) is 20.2 Å². The molecule has 3 aromatic rings. The summed E-state index contributed by atoms with van der Waals surface area (Å²) in [6, 6.07) is 9.57. The number of rotatable bonds is 3. The zero-order valence-electron chi connectivity index (χ0n) is 14.1. The lowest BCUT2D eigenvalue weighted by Crippen LogP contribution is -2.28. The third-order valence-corrected chi connectivity index (χ3v) is 4.43. The molecule has 140 valence electrons. The van der Waals surface area contributed by atoms with Crippen molar-refractivity contribution in [2.45, 2.75) is 19.1 Å². The molecule has 0 amide bonds. The van der Waals surface area contributed by atoms with Crippen LogP contribution in [0.15, 0.2) is 42.5 Å². The van der Waals surface area contributed by atoms with Crippen LogP contribution in [0.2, 0.25) is 0 Å². The number of halogens is 4. The van der Waals surface area contributed by atoms with E-state index in [0.717, 1.165) is 15.7 Å². The van der Waals surface area contributed by atoms with Crippen molar-refractivity contribution in [1.82, 2.24) is 24.7 Å². The molecular formula is C18H15F4N5. The minimum atomic E-state index is -4.62. The van der Waals surface area contributed by atoms with Crippen molar-refractivity contribution in [1.29, 1.82) is 0 Å². The lowest BCUT2D eigenvalue weighted by Gasteiger charge is -2.26. The maximum Gasteiger partial charge on any atom is 0.453 e. The Morgan fingerprint density at radius 1 is 1.07 bits per heavy atom. The first-order valence-electron chi connectivity index (χ1n) is 8.36. The lowest BCUT2D eigenvalue weighted by molar-refractivity contribution is -0.146. The molecule has 0 radical (unpaired) electrons. The van der Waals surface area contributed by atoms with E-state index in [1.807, 2.05) is 12.1 Å². The summed E-state index contributed by atoms with van der Waals surface area (Å²) in [6.07, 6.45) is -2.04. The van der Waals surface area contributed by atoms with Gasteiger partial charge in [0.1, 0.15) is 5.82 Å². The molecule has 0 bridgehead atoms. The van der Waals surface area contributed by atoms with E-state index in [1.165, 1.54) is 18.2 Å². The molecule has 0 atom stereocenters. The van der Waals surface area contributed by atoms with Crippen LogP contribution in [0.1, 0.15) is 23.5 Å². The normalized spacial score (nSPS) is 15.9. The summed E-state index contributed by atoms with van der Waals surface area (Å²) in [5, 5.41) is 10.8. The fourth-order valence-electron chi connectivity index (χ4n) is 3.12. The van der Waals surface area contributed by atoms with E-state index in [4.69, 9.17) is 0 Å². The van der Waals surface area contributed by atoms with Gasteiger partial charge in [-0.2, -0.15) is 22.8 Å². The van der Waals surface area contributed by atoms with Gasteiger partial charge in [-0.25, -0.2) is 4.39 Å². The van der Waals surface area contributed by atoms with Gasteiger partial charge < -0.3 is 0 Å². The number of benzene rings is 1. The Morgan fingerprint density at radius 3 is 2.63 bits per heavy atom. The number of hydrogen-bond donors (Lipinski definition) is 0. The maximum atomic E-state index is 13.3. The minimum Gasteiger partial charge on any atom is -0.295 e. The van der Waals surface area contributed by atoms with Crippen LogP contribution < -0.4 is 0 Å². The highest BCUT2D eigenvalue weighted by Gasteiger charge is 2.37. The van der Waals surface area contributed by atoms with E-state index in [9.17, 15) is 17.6 Å². The molecule has 9 heteroatoms. The molecule has 2 aromatic heterocycles. The van der Waals surface area contributed by atoms with Gasteiger partial charge in [0.05, 0.1) is 5.69 Å². The summed E-state index contributed by atoms with van der Waals surface area (Å²) in [4.78, 5) is 2.14. The molecule has 1 aromatic carbocycles. The van der Waals surface area contributed by atoms with E-state index in [1.54, 1.807) is 12.1 Å². The highest BCUT2D eigenvalue weighted by molar-refractivity contribution is 5.64. The third-order valence-electron chi connectivity index (χ3n) is 4.43. The summed E-state index contributed by atoms with van der Waals surface area (Å²) in [6.45, 7) is 1.92. The molecule has 0 N–H and O–H groups in total. The summed E-state index contributed by atoms with van der Waals surface area (Å²) in [5.41, 5.74) is 2.27. The van der Waals surface area contributed by atoms with Gasteiger partial charge in [0.25, 0.3) is 5.82 Å². The van der Waals surface area contributed by atoms with Crippen LogP contribution in [0, 0.1) is 5.82 Å². The predicted octanol–water partition coefficient (Wildman–Crippen LogP) is 3.57. The Morgan fingerprint density at radius 2 is 1.93 bits per heavy atom. The van der Waals surface area contributed by atoms with Crippen molar-refractivity contribution in [3.05, 3.63) is 65.4 Å². The number of hydrogen-bond acceptors (Lipinski definition) is 4. The van der Waals surface area contributed by atoms with Gasteiger partial charge in [0.2, 0.25) is 0 Å². The first kappa shape index (κ1) is 17.6. The van der Waals surface area contributed by atoms with Gasteiger partial charge in [-0.15, -0.1) is 10.2 Å². The second kappa shape index (κ2) is 6.73. The summed E-state index contributed by atoms with van der Waals surface area (Å²) in [7, 11) is 0. The van der Waals surface area contributed by atoms with E-state index < -0.39 is 12.0 Å². The SMILES string of the molecule is Fc1cccc(CN2CC=C(c3ccc4nnc(C(F)(F)F)n4n3)CC2)c1. The first-order chi connectivity index (χ1) is 12.9. The molecule has 3 heterocycles. The maximum absolute atomic E-state index is 13.3. The largest absolute Gasteiger partial charge is 0.453 e. The standard InChI is InChI=1S/C18H15F4N5/c19-14-3-1-2-12(10-14)11-26-8-6-13(7-9-26)15-4-5-16-23-24-17(18(20,21)22)27(16)25-15/h1-6,10H,7-9,11H2. The van der Waals surface area contributed by atoms with Crippen molar-refractivity contribution < 1.29 is 17.6 Å². The molecule has 0 saturated carbocycles. The Bertz CT molecular complexity index is 1010. The molecule has 27 heavy (non-hydrogen) atoms. The zero-order valence-corrected chi connectivity index (χ0v) is 14.1. The summed E-state index contributed by atoms with van der Waals surface area (Å²) in [5.74, 6) is -1.41. The highest BCUT2D eigenvalue weighted by atomic mass is 19.4. The Labute approximate surface area is 151 Å². The van der Waals surface area contributed by atoms with Gasteiger partial charge in [0.15, 0.2) is 5.65 Å². The van der Waals surface area contributed by atoms with Crippen LogP contribution >= 0.6 is 0 Å². The molecule has 5 nitrogen and oxygen atoms in total. The average Bonchev–Trinajstić information content (AvgIpc) is 3.06. The lowest BCUT2D eigenvalue weighted by atomic mass is 10.0. The van der Waals surface area contributed by atoms with Gasteiger partial charge in [0, 0.05) is 19.6 Å². The molecule has 1 aliphatic rings. The van der Waals surface area contributed by atoms with Crippen molar-refractivity contribution in [3.8, 4) is 0 Å². The van der Waals surface area contributed by atoms with Gasteiger partial charge in [-0.05, 0) is 41.8 Å². The third kappa shape index (κ3) is 3.68. The van der Waals surface area contributed by atoms with Crippen molar-refractivity contribution in [2.24, 2.45) is 0 Å². The quantitative estimate of drug-likeness (QED) is 0.655. The minimum absolute atomic E-state index is 0.0511. The van der Waals surface area contributed by atoms with Crippen molar-refractivity contribution >= 4 is 11.2 Å². The van der Waals surface area contributed by atoms with E-state index in [-0.39, 0.29) is 11.5 Å². The van der Waals surface area contributed by atoms with Crippen LogP contribution in [0.3, 0.4) is 0 Å². The fourth-order valence-corrected chi connectivity index (χ4v) is 3.12. The Hall–Kier alpha value is -2.81. The van der Waals surface area contributed by atoms with Crippen LogP contribution in [0.4, 0.5) is 17.6 Å². The fraction of sp³-hybridized carbons (Fsp3) is 0.278. The molecule has 0 fully saturated rings. The van der Waals surface area contributed by atoms with Gasteiger partial charge >= 0.3 is 6.18 Å². The second-order valence-corrected chi connectivity index (χ2v) is 6.35. The monoisotopic (exact) mass is 377 g/mol. The van der Waals surface area contributed by atoms with Gasteiger partial charge in [-0.3, -0.25) is 4.90 Å². The Kier molecular flexibility index (Phi) is 4.39. The number of nitrogens with zero attached hydrogens (tertiary/aromatic N) is 5. The molecule has 0 spiro atoms. The highest BCUT2D eigenvalue weighted by Crippen LogP contribution is 2.28. The van der Waals surface area contributed by atoms with E-state index in [0.29, 0.717) is 31.7 Å². The number of aromatic nitrogens is 4. The number of fused-ring (bicyclic) bond motifs is 1. The molecule has 4 rings (SSSR count). The number of alkyl halides is 3. The van der Waals surface area contributed by atoms with Crippen LogP contribution in [-0.2, 0) is 12.7 Å². The van der Waals surface area contributed by atoms with Gasteiger partial charge in [-0.1, -0.05) is 18.2 Å². The summed E-state index contributed by atoms with van der Waals surface area (Å²) >= 11 is 0. The molecule has 0 saturated heterocycles. The second-order valence-electron chi connectivity index (χ2n) is 6.35. The van der Waals surface area contributed by atoms with Crippen LogP contribution in [0.5, 0.6) is 0 Å². The first-order valence-corrected chi connectivity index (χ1v) is 8.36. The average molecular weight is 377 g/mol. The molecular weight excluding hydrogens is 362 g/mol. The smallest absolute Gasteiger partial charge is 0.295 e. The van der Waals surface area contributed by atoms with Crippen molar-refractivity contribution in [3.63, 3.8) is 0 Å². The molecule has 0 aliphatic carbocycles. The molecule has 1 aliphatic heterocycles. The topological polar surface area (TPSA) is 46.3 Å². The van der Waals surface area contributed by atoms with Crippen LogP contribution in [0.25, 0.3) is 11.2 Å². The molecule has 0 unspecified atom stereocenters. The van der Waals surface area contributed by atoms with Crippen LogP contribution in [-0.4, -0.2) is 37.8 Å². The van der Waals surface area contributed by atoms with Crippen molar-refractivity contribution in [2.75, 3.05) is 13.1 Å². The summed E-state index contributed by atoms with van der Waals surface area (Å²) < 4.78 is 53.0. The Balaban J connectivity index is 1.53.